The Labute approximate surface area is 187 Å². The van der Waals surface area contributed by atoms with Gasteiger partial charge in [-0.1, -0.05) is 30.8 Å². The Hall–Kier alpha value is -3.45. The molecule has 1 aliphatic carbocycles. The van der Waals surface area contributed by atoms with E-state index >= 15 is 0 Å². The zero-order valence-electron chi connectivity index (χ0n) is 18.0. The summed E-state index contributed by atoms with van der Waals surface area (Å²) in [7, 11) is 0. The number of hydrogen-bond acceptors (Lipinski definition) is 4. The minimum atomic E-state index is -0.672. The molecule has 5 rings (SSSR count). The third-order valence-corrected chi connectivity index (χ3v) is 6.70. The van der Waals surface area contributed by atoms with E-state index in [0.717, 1.165) is 41.3 Å². The fourth-order valence-electron chi connectivity index (χ4n) is 4.50. The lowest BCUT2D eigenvalue weighted by molar-refractivity contribution is -0.141. The van der Waals surface area contributed by atoms with E-state index in [9.17, 15) is 9.59 Å². The molecule has 1 aliphatic heterocycles. The van der Waals surface area contributed by atoms with Crippen molar-refractivity contribution in [2.75, 3.05) is 26.2 Å². The fourth-order valence-corrected chi connectivity index (χ4v) is 4.50. The second-order valence-corrected chi connectivity index (χ2v) is 8.74. The summed E-state index contributed by atoms with van der Waals surface area (Å²) in [5, 5.41) is 5.52. The van der Waals surface area contributed by atoms with Crippen molar-refractivity contribution in [2.45, 2.75) is 24.8 Å². The van der Waals surface area contributed by atoms with Gasteiger partial charge in [-0.05, 0) is 48.6 Å². The molecule has 2 amide bonds. The van der Waals surface area contributed by atoms with Crippen LogP contribution in [0.15, 0.2) is 55.2 Å². The number of aromatic nitrogens is 2. The summed E-state index contributed by atoms with van der Waals surface area (Å²) in [6.45, 7) is 5.89. The molecule has 3 aromatic rings. The molecular formula is C25H27N5O2. The number of piperazine rings is 1. The lowest BCUT2D eigenvalue weighted by Gasteiger charge is -2.43. The molecule has 164 valence electrons. The van der Waals surface area contributed by atoms with Crippen LogP contribution in [0.25, 0.3) is 28.2 Å². The number of rotatable bonds is 4. The highest BCUT2D eigenvalue weighted by molar-refractivity contribution is 5.95. The van der Waals surface area contributed by atoms with E-state index in [-0.39, 0.29) is 11.8 Å². The van der Waals surface area contributed by atoms with Gasteiger partial charge in [0.05, 0.1) is 11.1 Å². The van der Waals surface area contributed by atoms with Crippen LogP contribution < -0.4 is 5.73 Å². The zero-order valence-corrected chi connectivity index (χ0v) is 18.0. The Morgan fingerprint density at radius 2 is 1.62 bits per heavy atom. The van der Waals surface area contributed by atoms with Crippen molar-refractivity contribution in [3.05, 3.63) is 60.8 Å². The van der Waals surface area contributed by atoms with Crippen molar-refractivity contribution >= 4 is 28.9 Å². The first-order valence-corrected chi connectivity index (χ1v) is 11.1. The van der Waals surface area contributed by atoms with Crippen LogP contribution in [0.5, 0.6) is 0 Å². The molecule has 32 heavy (non-hydrogen) atoms. The predicted octanol–water partition coefficient (Wildman–Crippen LogP) is 2.97. The monoisotopic (exact) mass is 429 g/mol. The average Bonchev–Trinajstić information content (AvgIpc) is 3.24. The van der Waals surface area contributed by atoms with Gasteiger partial charge in [-0.3, -0.25) is 9.59 Å². The Morgan fingerprint density at radius 1 is 0.969 bits per heavy atom. The number of carbonyl (C=O) groups is 2. The molecule has 1 saturated heterocycles. The van der Waals surface area contributed by atoms with Crippen LogP contribution in [0.4, 0.5) is 0 Å². The third-order valence-electron chi connectivity index (χ3n) is 6.70. The van der Waals surface area contributed by atoms with Gasteiger partial charge in [0, 0.05) is 49.5 Å². The molecule has 0 spiro atoms. The van der Waals surface area contributed by atoms with E-state index in [0.29, 0.717) is 31.7 Å². The molecule has 1 aromatic heterocycles. The summed E-state index contributed by atoms with van der Waals surface area (Å²) in [6, 6.07) is 13.8. The van der Waals surface area contributed by atoms with Crippen molar-refractivity contribution in [3.8, 4) is 11.1 Å². The van der Waals surface area contributed by atoms with Gasteiger partial charge in [-0.15, -0.1) is 0 Å². The number of carbonyl (C=O) groups excluding carboxylic acids is 2. The maximum absolute atomic E-state index is 13.0. The van der Waals surface area contributed by atoms with Crippen LogP contribution in [-0.4, -0.2) is 63.1 Å². The molecular weight excluding hydrogens is 402 g/mol. The summed E-state index contributed by atoms with van der Waals surface area (Å²) >= 11 is 0. The van der Waals surface area contributed by atoms with E-state index in [2.05, 4.69) is 17.7 Å². The molecule has 2 N–H and O–H groups in total. The van der Waals surface area contributed by atoms with Crippen LogP contribution in [0.1, 0.15) is 29.6 Å². The lowest BCUT2D eigenvalue weighted by atomic mass is 9.76. The van der Waals surface area contributed by atoms with Gasteiger partial charge in [-0.25, -0.2) is 4.68 Å². The van der Waals surface area contributed by atoms with Gasteiger partial charge < -0.3 is 15.5 Å². The maximum atomic E-state index is 13.0. The minimum absolute atomic E-state index is 0.00469. The number of benzene rings is 2. The Bertz CT molecular complexity index is 1180. The zero-order chi connectivity index (χ0) is 22.3. The van der Waals surface area contributed by atoms with Gasteiger partial charge in [0.2, 0.25) is 5.91 Å². The van der Waals surface area contributed by atoms with E-state index in [4.69, 9.17) is 5.73 Å². The Kier molecular flexibility index (Phi) is 5.06. The van der Waals surface area contributed by atoms with Crippen molar-refractivity contribution in [2.24, 2.45) is 5.73 Å². The molecule has 0 atom stereocenters. The van der Waals surface area contributed by atoms with Crippen molar-refractivity contribution in [3.63, 3.8) is 0 Å². The number of hydrogen-bond donors (Lipinski definition) is 1. The normalized spacial score (nSPS) is 17.8. The van der Waals surface area contributed by atoms with Crippen molar-refractivity contribution in [1.29, 1.82) is 0 Å². The fraction of sp³-hybridized carbons (Fsp3) is 0.320. The van der Waals surface area contributed by atoms with Crippen LogP contribution in [-0.2, 0) is 4.79 Å². The predicted molar refractivity (Wildman–Crippen MR) is 125 cm³/mol. The van der Waals surface area contributed by atoms with E-state index < -0.39 is 5.54 Å². The van der Waals surface area contributed by atoms with E-state index in [1.54, 1.807) is 10.9 Å². The molecule has 7 heteroatoms. The van der Waals surface area contributed by atoms with Gasteiger partial charge in [0.25, 0.3) is 5.91 Å². The van der Waals surface area contributed by atoms with Gasteiger partial charge in [-0.2, -0.15) is 5.10 Å². The molecule has 2 heterocycles. The highest BCUT2D eigenvalue weighted by Crippen LogP contribution is 2.31. The second kappa shape index (κ2) is 7.91. The molecule has 0 unspecified atom stereocenters. The molecule has 2 aliphatic rings. The van der Waals surface area contributed by atoms with Crippen LogP contribution in [0, 0.1) is 0 Å². The standard InChI is InChI=1S/C25H27N5O2/c1-2-30-17-21-9-8-20(16-22(21)27-30)18-4-6-19(7-5-18)23(31)28-12-14-29(15-13-28)24(32)25(26)10-3-11-25/h2,4-9,16-17H,1,3,10-15,26H2. The van der Waals surface area contributed by atoms with E-state index in [1.165, 1.54) is 0 Å². The topological polar surface area (TPSA) is 84.5 Å². The SMILES string of the molecule is C=Cn1cc2ccc(-c3ccc(C(=O)N4CCN(C(=O)C5(N)CCC5)CC4)cc3)cc2n1. The number of amides is 2. The third kappa shape index (κ3) is 3.58. The Balaban J connectivity index is 1.25. The first-order valence-electron chi connectivity index (χ1n) is 11.1. The van der Waals surface area contributed by atoms with Gasteiger partial charge in [0.1, 0.15) is 0 Å². The van der Waals surface area contributed by atoms with Gasteiger partial charge in [0.15, 0.2) is 0 Å². The highest BCUT2D eigenvalue weighted by Gasteiger charge is 2.43. The number of nitrogens with two attached hydrogens (primary N) is 1. The maximum Gasteiger partial charge on any atom is 0.253 e. The second-order valence-electron chi connectivity index (χ2n) is 8.74. The summed E-state index contributed by atoms with van der Waals surface area (Å²) < 4.78 is 1.70. The molecule has 1 saturated carbocycles. The van der Waals surface area contributed by atoms with Crippen LogP contribution in [0.2, 0.25) is 0 Å². The smallest absolute Gasteiger partial charge is 0.253 e. The van der Waals surface area contributed by atoms with Crippen LogP contribution in [0.3, 0.4) is 0 Å². The van der Waals surface area contributed by atoms with Crippen molar-refractivity contribution in [1.82, 2.24) is 19.6 Å². The minimum Gasteiger partial charge on any atom is -0.338 e. The molecule has 0 radical (unpaired) electrons. The molecule has 7 nitrogen and oxygen atoms in total. The molecule has 0 bridgehead atoms. The summed E-state index contributed by atoms with van der Waals surface area (Å²) in [5.74, 6) is 0.0324. The first kappa shape index (κ1) is 20.5. The van der Waals surface area contributed by atoms with E-state index in [1.807, 2.05) is 52.4 Å². The quantitative estimate of drug-likeness (QED) is 0.691. The van der Waals surface area contributed by atoms with Crippen molar-refractivity contribution < 1.29 is 9.59 Å². The summed E-state index contributed by atoms with van der Waals surface area (Å²) in [6.07, 6.45) is 6.14. The molecule has 2 fully saturated rings. The van der Waals surface area contributed by atoms with Gasteiger partial charge >= 0.3 is 0 Å². The molecule has 2 aromatic carbocycles. The highest BCUT2D eigenvalue weighted by atomic mass is 16.2. The van der Waals surface area contributed by atoms with Crippen LogP contribution >= 0.6 is 0 Å². The lowest BCUT2D eigenvalue weighted by Crippen LogP contribution is -2.62. The average molecular weight is 430 g/mol. The Morgan fingerprint density at radius 3 is 2.25 bits per heavy atom. The largest absolute Gasteiger partial charge is 0.338 e. The summed E-state index contributed by atoms with van der Waals surface area (Å²) in [5.41, 5.74) is 9.14. The number of fused-ring (bicyclic) bond motifs is 1. The first-order chi connectivity index (χ1) is 15.5. The number of nitrogens with zero attached hydrogens (tertiary/aromatic N) is 4. The summed E-state index contributed by atoms with van der Waals surface area (Å²) in [4.78, 5) is 29.2.